The third-order valence-corrected chi connectivity index (χ3v) is 4.85. The molecular formula is C17H20BNO5. The summed E-state index contributed by atoms with van der Waals surface area (Å²) in [5.74, 6) is -0.801. The molecule has 6 nitrogen and oxygen atoms in total. The van der Waals surface area contributed by atoms with Crippen molar-refractivity contribution < 1.29 is 24.0 Å². The summed E-state index contributed by atoms with van der Waals surface area (Å²) in [6.07, 6.45) is 1.72. The fourth-order valence-corrected chi connectivity index (χ4v) is 2.67. The lowest BCUT2D eigenvalue weighted by atomic mass is 9.77. The first-order valence-electron chi connectivity index (χ1n) is 7.81. The minimum atomic E-state index is -0.663. The molecule has 2 amide bonds. The summed E-state index contributed by atoms with van der Waals surface area (Å²) in [4.78, 5) is 23.3. The highest BCUT2D eigenvalue weighted by molar-refractivity contribution is 6.55. The lowest BCUT2D eigenvalue weighted by Gasteiger charge is -2.32. The molecule has 2 N–H and O–H groups in total. The van der Waals surface area contributed by atoms with Gasteiger partial charge in [0, 0.05) is 0 Å². The van der Waals surface area contributed by atoms with Crippen LogP contribution in [0.15, 0.2) is 23.7 Å². The van der Waals surface area contributed by atoms with Crippen molar-refractivity contribution in [3.63, 3.8) is 0 Å². The number of nitrogens with one attached hydrogen (secondary N) is 1. The Kier molecular flexibility index (Phi) is 3.90. The van der Waals surface area contributed by atoms with Gasteiger partial charge in [-0.2, -0.15) is 0 Å². The fourth-order valence-electron chi connectivity index (χ4n) is 2.67. The Morgan fingerprint density at radius 2 is 1.71 bits per heavy atom. The number of carbonyl (C=O) groups excluding carboxylic acids is 2. The van der Waals surface area contributed by atoms with Crippen LogP contribution in [0.1, 0.15) is 54.0 Å². The highest BCUT2D eigenvalue weighted by atomic mass is 16.7. The quantitative estimate of drug-likeness (QED) is 0.650. The van der Waals surface area contributed by atoms with Crippen LogP contribution in [0.25, 0.3) is 6.08 Å². The zero-order valence-corrected chi connectivity index (χ0v) is 14.2. The summed E-state index contributed by atoms with van der Waals surface area (Å²) >= 11 is 0. The maximum Gasteiger partial charge on any atom is 0.492 e. The SMILES string of the molecule is CC1(C)OB(C(=Cc2ccc3c(c2)C(=O)NC3=O)CO)OC1(C)C. The lowest BCUT2D eigenvalue weighted by molar-refractivity contribution is 0.00578. The van der Waals surface area contributed by atoms with Gasteiger partial charge in [-0.1, -0.05) is 12.1 Å². The van der Waals surface area contributed by atoms with Gasteiger partial charge in [-0.05, 0) is 50.9 Å². The molecule has 1 aromatic carbocycles. The van der Waals surface area contributed by atoms with Gasteiger partial charge in [0.1, 0.15) is 0 Å². The molecule has 126 valence electrons. The van der Waals surface area contributed by atoms with Crippen molar-refractivity contribution in [1.82, 2.24) is 5.32 Å². The molecule has 2 aliphatic rings. The van der Waals surface area contributed by atoms with Gasteiger partial charge in [-0.3, -0.25) is 14.9 Å². The Hall–Kier alpha value is -1.96. The number of amides is 2. The Morgan fingerprint density at radius 3 is 2.29 bits per heavy atom. The van der Waals surface area contributed by atoms with Crippen molar-refractivity contribution in [2.45, 2.75) is 38.9 Å². The molecular weight excluding hydrogens is 309 g/mol. The standard InChI is InChI=1S/C17H20BNO5/c1-16(2)17(3,4)24-18(23-16)11(9-20)7-10-5-6-12-13(8-10)15(22)19-14(12)21/h5-8,20H,9H2,1-4H3,(H,19,21,22). The molecule has 2 heterocycles. The Bertz CT molecular complexity index is 737. The molecule has 0 spiro atoms. The van der Waals surface area contributed by atoms with Crippen molar-refractivity contribution in [3.8, 4) is 0 Å². The highest BCUT2D eigenvalue weighted by Gasteiger charge is 2.52. The van der Waals surface area contributed by atoms with Crippen LogP contribution in [0.5, 0.6) is 0 Å². The van der Waals surface area contributed by atoms with Gasteiger partial charge in [0.15, 0.2) is 0 Å². The van der Waals surface area contributed by atoms with Gasteiger partial charge in [0.05, 0.1) is 28.9 Å². The molecule has 0 atom stereocenters. The van der Waals surface area contributed by atoms with E-state index in [1.807, 2.05) is 27.7 Å². The van der Waals surface area contributed by atoms with Crippen molar-refractivity contribution in [3.05, 3.63) is 40.4 Å². The number of hydrogen-bond acceptors (Lipinski definition) is 5. The third kappa shape index (κ3) is 2.68. The second-order valence-corrected chi connectivity index (χ2v) is 7.05. The maximum absolute atomic E-state index is 11.8. The molecule has 2 aliphatic heterocycles. The molecule has 7 heteroatoms. The number of hydrogen-bond donors (Lipinski definition) is 2. The molecule has 0 unspecified atom stereocenters. The van der Waals surface area contributed by atoms with Gasteiger partial charge < -0.3 is 14.4 Å². The molecule has 0 radical (unpaired) electrons. The number of aliphatic hydroxyl groups excluding tert-OH is 1. The highest BCUT2D eigenvalue weighted by Crippen LogP contribution is 2.38. The van der Waals surface area contributed by atoms with Crippen LogP contribution in [0, 0.1) is 0 Å². The number of fused-ring (bicyclic) bond motifs is 1. The Labute approximate surface area is 141 Å². The average molecular weight is 329 g/mol. The number of aliphatic hydroxyl groups is 1. The van der Waals surface area contributed by atoms with Gasteiger partial charge in [0.25, 0.3) is 11.8 Å². The first-order valence-corrected chi connectivity index (χ1v) is 7.81. The first-order chi connectivity index (χ1) is 11.1. The van der Waals surface area contributed by atoms with Gasteiger partial charge in [-0.25, -0.2) is 0 Å². The third-order valence-electron chi connectivity index (χ3n) is 4.85. The Balaban J connectivity index is 1.92. The van der Waals surface area contributed by atoms with Crippen molar-refractivity contribution in [1.29, 1.82) is 0 Å². The van der Waals surface area contributed by atoms with E-state index >= 15 is 0 Å². The van der Waals surface area contributed by atoms with Crippen LogP contribution in [0.2, 0.25) is 0 Å². The monoisotopic (exact) mass is 329 g/mol. The van der Waals surface area contributed by atoms with Crippen LogP contribution in [-0.4, -0.2) is 41.8 Å². The van der Waals surface area contributed by atoms with Crippen molar-refractivity contribution in [2.24, 2.45) is 0 Å². The molecule has 3 rings (SSSR count). The van der Waals surface area contributed by atoms with E-state index in [-0.39, 0.29) is 12.5 Å². The average Bonchev–Trinajstić information content (AvgIpc) is 2.89. The first kappa shape index (κ1) is 16.9. The van der Waals surface area contributed by atoms with E-state index < -0.39 is 24.2 Å². The largest absolute Gasteiger partial charge is 0.492 e. The van der Waals surface area contributed by atoms with Gasteiger partial charge >= 0.3 is 7.12 Å². The van der Waals surface area contributed by atoms with E-state index in [0.29, 0.717) is 22.2 Å². The fraction of sp³-hybridized carbons (Fsp3) is 0.412. The normalized spacial score (nSPS) is 21.9. The van der Waals surface area contributed by atoms with Crippen molar-refractivity contribution in [2.75, 3.05) is 6.61 Å². The van der Waals surface area contributed by atoms with Crippen LogP contribution < -0.4 is 5.32 Å². The summed E-state index contributed by atoms with van der Waals surface area (Å²) in [6.45, 7) is 7.51. The van der Waals surface area contributed by atoms with E-state index in [0.717, 1.165) is 0 Å². The van der Waals surface area contributed by atoms with E-state index in [1.54, 1.807) is 24.3 Å². The predicted octanol–water partition coefficient (Wildman–Crippen LogP) is 1.58. The minimum Gasteiger partial charge on any atom is -0.400 e. The molecule has 24 heavy (non-hydrogen) atoms. The second kappa shape index (κ2) is 5.55. The maximum atomic E-state index is 11.8. The minimum absolute atomic E-state index is 0.237. The Morgan fingerprint density at radius 1 is 1.12 bits per heavy atom. The molecule has 0 aromatic heterocycles. The van der Waals surface area contributed by atoms with E-state index in [2.05, 4.69) is 5.32 Å². The summed E-state index contributed by atoms with van der Waals surface area (Å²) in [7, 11) is -0.663. The number of carbonyl (C=O) groups is 2. The van der Waals surface area contributed by atoms with Crippen LogP contribution in [-0.2, 0) is 9.31 Å². The number of imide groups is 1. The topological polar surface area (TPSA) is 84.9 Å². The molecule has 1 aromatic rings. The zero-order valence-electron chi connectivity index (χ0n) is 14.2. The van der Waals surface area contributed by atoms with E-state index in [4.69, 9.17) is 9.31 Å². The van der Waals surface area contributed by atoms with Crippen LogP contribution >= 0.6 is 0 Å². The molecule has 1 saturated heterocycles. The van der Waals surface area contributed by atoms with Gasteiger partial charge in [0.2, 0.25) is 0 Å². The second-order valence-electron chi connectivity index (χ2n) is 7.05. The molecule has 1 fully saturated rings. The number of benzene rings is 1. The lowest BCUT2D eigenvalue weighted by Crippen LogP contribution is -2.41. The molecule has 0 saturated carbocycles. The van der Waals surface area contributed by atoms with Gasteiger partial charge in [-0.15, -0.1) is 0 Å². The molecule has 0 bridgehead atoms. The number of rotatable bonds is 3. The smallest absolute Gasteiger partial charge is 0.400 e. The summed E-state index contributed by atoms with van der Waals surface area (Å²) in [5, 5.41) is 12.0. The van der Waals surface area contributed by atoms with Crippen molar-refractivity contribution >= 4 is 25.0 Å². The zero-order chi connectivity index (χ0) is 17.7. The van der Waals surface area contributed by atoms with E-state index in [9.17, 15) is 14.7 Å². The molecule has 0 aliphatic carbocycles. The predicted molar refractivity (Wildman–Crippen MR) is 89.4 cm³/mol. The van der Waals surface area contributed by atoms with Crippen LogP contribution in [0.3, 0.4) is 0 Å². The summed E-state index contributed by atoms with van der Waals surface area (Å²) in [6, 6.07) is 4.94. The summed E-state index contributed by atoms with van der Waals surface area (Å²) < 4.78 is 11.9. The van der Waals surface area contributed by atoms with Crippen LogP contribution in [0.4, 0.5) is 0 Å². The van der Waals surface area contributed by atoms with E-state index in [1.165, 1.54) is 0 Å². The summed E-state index contributed by atoms with van der Waals surface area (Å²) in [5.41, 5.74) is 0.931.